The Kier molecular flexibility index (Phi) is 5.53. The molecule has 34 heavy (non-hydrogen) atoms. The van der Waals surface area contributed by atoms with Crippen molar-refractivity contribution in [2.75, 3.05) is 4.90 Å². The fourth-order valence-corrected chi connectivity index (χ4v) is 4.50. The molecule has 1 atom stereocenters. The molecule has 0 radical (unpaired) electrons. The third-order valence-electron chi connectivity index (χ3n) is 6.33. The summed E-state index contributed by atoms with van der Waals surface area (Å²) < 4.78 is 7.11. The Morgan fingerprint density at radius 3 is 2.59 bits per heavy atom. The molecule has 0 bridgehead atoms. The highest BCUT2D eigenvalue weighted by molar-refractivity contribution is 6.12. The number of benzene rings is 2. The van der Waals surface area contributed by atoms with E-state index in [1.54, 1.807) is 41.0 Å². The highest BCUT2D eigenvalue weighted by Gasteiger charge is 2.49. The van der Waals surface area contributed by atoms with Gasteiger partial charge in [-0.15, -0.1) is 0 Å². The quantitative estimate of drug-likeness (QED) is 0.467. The van der Waals surface area contributed by atoms with E-state index in [-0.39, 0.29) is 18.4 Å². The predicted molar refractivity (Wildman–Crippen MR) is 129 cm³/mol. The van der Waals surface area contributed by atoms with E-state index in [1.165, 1.54) is 0 Å². The van der Waals surface area contributed by atoms with E-state index < -0.39 is 5.54 Å². The molecule has 1 aliphatic heterocycles. The second-order valence-electron chi connectivity index (χ2n) is 8.61. The van der Waals surface area contributed by atoms with Gasteiger partial charge in [0, 0.05) is 18.3 Å². The molecule has 0 fully saturated rings. The first kappa shape index (κ1) is 21.7. The SMILES string of the molecule is CCc1ccccc1N1C(=O)c2cc(-c3ccco3)nn2CC1(C)C(=O)NCc1ccccc1. The average Bonchev–Trinajstić information content (AvgIpc) is 3.53. The molecule has 2 aromatic carbocycles. The van der Waals surface area contributed by atoms with Gasteiger partial charge >= 0.3 is 0 Å². The van der Waals surface area contributed by atoms with Crippen LogP contribution < -0.4 is 10.2 Å². The average molecular weight is 455 g/mol. The minimum absolute atomic E-state index is 0.216. The van der Waals surface area contributed by atoms with E-state index in [4.69, 9.17) is 4.42 Å². The third-order valence-corrected chi connectivity index (χ3v) is 6.33. The number of nitrogens with one attached hydrogen (secondary N) is 1. The summed E-state index contributed by atoms with van der Waals surface area (Å²) in [6.45, 7) is 4.43. The number of nitrogens with zero attached hydrogens (tertiary/aromatic N) is 3. The van der Waals surface area contributed by atoms with E-state index >= 15 is 0 Å². The monoisotopic (exact) mass is 454 g/mol. The van der Waals surface area contributed by atoms with Crippen molar-refractivity contribution in [2.45, 2.75) is 38.9 Å². The molecule has 7 heteroatoms. The summed E-state index contributed by atoms with van der Waals surface area (Å²) in [5, 5.41) is 7.65. The maximum absolute atomic E-state index is 13.9. The van der Waals surface area contributed by atoms with Crippen LogP contribution in [0.3, 0.4) is 0 Å². The Morgan fingerprint density at radius 2 is 1.85 bits per heavy atom. The van der Waals surface area contributed by atoms with Gasteiger partial charge in [0.05, 0.1) is 12.8 Å². The minimum Gasteiger partial charge on any atom is -0.463 e. The lowest BCUT2D eigenvalue weighted by molar-refractivity contribution is -0.126. The number of hydrogen-bond donors (Lipinski definition) is 1. The van der Waals surface area contributed by atoms with Crippen molar-refractivity contribution in [3.63, 3.8) is 0 Å². The maximum Gasteiger partial charge on any atom is 0.277 e. The van der Waals surface area contributed by atoms with E-state index in [9.17, 15) is 9.59 Å². The maximum atomic E-state index is 13.9. The van der Waals surface area contributed by atoms with Crippen molar-refractivity contribution < 1.29 is 14.0 Å². The van der Waals surface area contributed by atoms with Crippen molar-refractivity contribution in [1.82, 2.24) is 15.1 Å². The highest BCUT2D eigenvalue weighted by atomic mass is 16.3. The topological polar surface area (TPSA) is 80.4 Å². The zero-order valence-corrected chi connectivity index (χ0v) is 19.2. The molecule has 5 rings (SSSR count). The number of rotatable bonds is 6. The highest BCUT2D eigenvalue weighted by Crippen LogP contribution is 2.36. The predicted octanol–water partition coefficient (Wildman–Crippen LogP) is 4.44. The van der Waals surface area contributed by atoms with Crippen molar-refractivity contribution in [3.8, 4) is 11.5 Å². The van der Waals surface area contributed by atoms with Crippen LogP contribution in [-0.2, 0) is 24.3 Å². The standard InChI is InChI=1S/C27H26N4O3/c1-3-20-12-7-8-13-22(20)31-25(32)23-16-21(24-14-9-15-34-24)29-30(23)18-27(31,2)26(33)28-17-19-10-5-4-6-11-19/h4-16H,3,17-18H2,1-2H3,(H,28,33). The normalized spacial score (nSPS) is 17.5. The molecule has 1 aliphatic rings. The first-order chi connectivity index (χ1) is 16.5. The molecule has 0 saturated carbocycles. The molecule has 4 aromatic rings. The number of carbonyl (C=O) groups is 2. The molecule has 2 aromatic heterocycles. The molecule has 0 aliphatic carbocycles. The van der Waals surface area contributed by atoms with Gasteiger partial charge in [-0.2, -0.15) is 5.10 Å². The van der Waals surface area contributed by atoms with Crippen LogP contribution in [0.1, 0.15) is 35.5 Å². The Hall–Kier alpha value is -4.13. The second-order valence-corrected chi connectivity index (χ2v) is 8.61. The summed E-state index contributed by atoms with van der Waals surface area (Å²) in [6, 6.07) is 22.8. The fourth-order valence-electron chi connectivity index (χ4n) is 4.50. The number of carbonyl (C=O) groups excluding carboxylic acids is 2. The van der Waals surface area contributed by atoms with Gasteiger partial charge in [-0.1, -0.05) is 55.5 Å². The van der Waals surface area contributed by atoms with Crippen LogP contribution in [0.25, 0.3) is 11.5 Å². The Balaban J connectivity index is 1.57. The number of hydrogen-bond acceptors (Lipinski definition) is 4. The molecule has 1 N–H and O–H groups in total. The van der Waals surface area contributed by atoms with E-state index in [0.717, 1.165) is 23.2 Å². The van der Waals surface area contributed by atoms with Crippen molar-refractivity contribution >= 4 is 17.5 Å². The molecular weight excluding hydrogens is 428 g/mol. The van der Waals surface area contributed by atoms with Crippen LogP contribution in [0.5, 0.6) is 0 Å². The van der Waals surface area contributed by atoms with Crippen LogP contribution in [0.2, 0.25) is 0 Å². The largest absolute Gasteiger partial charge is 0.463 e. The Labute approximate surface area is 198 Å². The molecule has 2 amide bonds. The Bertz CT molecular complexity index is 1330. The van der Waals surface area contributed by atoms with Gasteiger partial charge in [0.1, 0.15) is 16.9 Å². The summed E-state index contributed by atoms with van der Waals surface area (Å²) in [4.78, 5) is 29.3. The number of fused-ring (bicyclic) bond motifs is 1. The molecule has 3 heterocycles. The van der Waals surface area contributed by atoms with E-state index in [0.29, 0.717) is 23.7 Å². The van der Waals surface area contributed by atoms with Gasteiger partial charge in [-0.25, -0.2) is 0 Å². The van der Waals surface area contributed by atoms with Gasteiger partial charge in [-0.05, 0) is 42.7 Å². The van der Waals surface area contributed by atoms with Crippen LogP contribution >= 0.6 is 0 Å². The second kappa shape index (κ2) is 8.67. The van der Waals surface area contributed by atoms with Crippen LogP contribution in [0.4, 0.5) is 5.69 Å². The molecule has 0 spiro atoms. The number of para-hydroxylation sites is 1. The van der Waals surface area contributed by atoms with Crippen LogP contribution in [-0.4, -0.2) is 27.1 Å². The zero-order chi connectivity index (χ0) is 23.7. The van der Waals surface area contributed by atoms with Gasteiger partial charge in [-0.3, -0.25) is 19.2 Å². The molecule has 0 saturated heterocycles. The lowest BCUT2D eigenvalue weighted by Gasteiger charge is -2.43. The first-order valence-electron chi connectivity index (χ1n) is 11.4. The van der Waals surface area contributed by atoms with E-state index in [1.807, 2.05) is 61.5 Å². The summed E-state index contributed by atoms with van der Waals surface area (Å²) in [7, 11) is 0. The fraction of sp³-hybridized carbons (Fsp3) is 0.222. The summed E-state index contributed by atoms with van der Waals surface area (Å²) in [5.74, 6) is 0.0663. The third kappa shape index (κ3) is 3.69. The van der Waals surface area contributed by atoms with Crippen molar-refractivity contribution in [3.05, 3.63) is 95.9 Å². The zero-order valence-electron chi connectivity index (χ0n) is 19.2. The molecular formula is C27H26N4O3. The van der Waals surface area contributed by atoms with Gasteiger partial charge in [0.25, 0.3) is 5.91 Å². The molecule has 172 valence electrons. The van der Waals surface area contributed by atoms with Gasteiger partial charge < -0.3 is 9.73 Å². The Morgan fingerprint density at radius 1 is 1.09 bits per heavy atom. The van der Waals surface area contributed by atoms with E-state index in [2.05, 4.69) is 10.4 Å². The number of aryl methyl sites for hydroxylation is 1. The van der Waals surface area contributed by atoms with Gasteiger partial charge in [0.2, 0.25) is 5.91 Å². The molecule has 1 unspecified atom stereocenters. The lowest BCUT2D eigenvalue weighted by Crippen LogP contribution is -2.64. The number of aromatic nitrogens is 2. The lowest BCUT2D eigenvalue weighted by atomic mass is 9.92. The summed E-state index contributed by atoms with van der Waals surface area (Å²) in [6.07, 6.45) is 2.30. The van der Waals surface area contributed by atoms with Crippen molar-refractivity contribution in [1.29, 1.82) is 0 Å². The summed E-state index contributed by atoms with van der Waals surface area (Å²) in [5.41, 5.74) is 2.52. The van der Waals surface area contributed by atoms with Crippen LogP contribution in [0.15, 0.2) is 83.5 Å². The first-order valence-corrected chi connectivity index (χ1v) is 11.4. The van der Waals surface area contributed by atoms with Crippen LogP contribution in [0, 0.1) is 0 Å². The minimum atomic E-state index is -1.18. The van der Waals surface area contributed by atoms with Gasteiger partial charge in [0.15, 0.2) is 5.76 Å². The smallest absolute Gasteiger partial charge is 0.277 e. The molecule has 7 nitrogen and oxygen atoms in total. The summed E-state index contributed by atoms with van der Waals surface area (Å²) >= 11 is 0. The number of furan rings is 1. The van der Waals surface area contributed by atoms with Crippen molar-refractivity contribution in [2.24, 2.45) is 0 Å². The number of anilines is 1. The number of amides is 2.